The van der Waals surface area contributed by atoms with E-state index in [1.165, 1.54) is 0 Å². The Kier molecular flexibility index (Phi) is 3.94. The highest BCUT2D eigenvalue weighted by molar-refractivity contribution is 7.80. The molecular formula is C12H18N6S. The minimum Gasteiger partial charge on any atom is -0.393 e. The summed E-state index contributed by atoms with van der Waals surface area (Å²) < 4.78 is 1.74. The summed E-state index contributed by atoms with van der Waals surface area (Å²) in [5, 5.41) is 5.17. The Morgan fingerprint density at radius 1 is 1.53 bits per heavy atom. The molecule has 2 aromatic rings. The molecule has 0 amide bonds. The number of hydrogen-bond donors (Lipinski definition) is 1. The van der Waals surface area contributed by atoms with E-state index in [1.54, 1.807) is 17.2 Å². The Morgan fingerprint density at radius 3 is 2.89 bits per heavy atom. The Hall–Kier alpha value is -1.76. The molecule has 1 unspecified atom stereocenters. The van der Waals surface area contributed by atoms with Crippen molar-refractivity contribution in [3.05, 3.63) is 12.5 Å². The number of nitrogens with zero attached hydrogens (tertiary/aromatic N) is 5. The van der Waals surface area contributed by atoms with Crippen LogP contribution in [0.5, 0.6) is 0 Å². The highest BCUT2D eigenvalue weighted by Crippen LogP contribution is 2.22. The monoisotopic (exact) mass is 278 g/mol. The van der Waals surface area contributed by atoms with Gasteiger partial charge in [0.1, 0.15) is 12.1 Å². The Balaban J connectivity index is 2.38. The van der Waals surface area contributed by atoms with E-state index < -0.39 is 0 Å². The third-order valence-corrected chi connectivity index (χ3v) is 3.57. The standard InChI is InChI=1S/C12H18N6S/c1-4-18(6-8(2)10(13)19)12-9-5-16-17(3)11(9)14-7-15-12/h5,7-8H,4,6H2,1-3H3,(H2,13,19). The highest BCUT2D eigenvalue weighted by Gasteiger charge is 2.16. The second kappa shape index (κ2) is 5.48. The third kappa shape index (κ3) is 2.65. The highest BCUT2D eigenvalue weighted by atomic mass is 32.1. The Morgan fingerprint density at radius 2 is 2.26 bits per heavy atom. The van der Waals surface area contributed by atoms with Gasteiger partial charge in [-0.1, -0.05) is 19.1 Å². The van der Waals surface area contributed by atoms with Crippen LogP contribution in [0.3, 0.4) is 0 Å². The molecule has 0 radical (unpaired) electrons. The van der Waals surface area contributed by atoms with Gasteiger partial charge in [0.05, 0.1) is 16.6 Å². The fraction of sp³-hybridized carbons (Fsp3) is 0.500. The maximum Gasteiger partial charge on any atom is 0.163 e. The summed E-state index contributed by atoms with van der Waals surface area (Å²) in [6.45, 7) is 5.67. The second-order valence-corrected chi connectivity index (χ2v) is 5.02. The van der Waals surface area contributed by atoms with Crippen LogP contribution < -0.4 is 10.6 Å². The lowest BCUT2D eigenvalue weighted by molar-refractivity contribution is 0.701. The van der Waals surface area contributed by atoms with Gasteiger partial charge < -0.3 is 10.6 Å². The minimum absolute atomic E-state index is 0.136. The quantitative estimate of drug-likeness (QED) is 0.826. The van der Waals surface area contributed by atoms with Crippen molar-refractivity contribution in [3.63, 3.8) is 0 Å². The maximum atomic E-state index is 5.69. The molecule has 0 aliphatic heterocycles. The number of aryl methyl sites for hydroxylation is 1. The van der Waals surface area contributed by atoms with E-state index in [1.807, 2.05) is 14.0 Å². The van der Waals surface area contributed by atoms with E-state index >= 15 is 0 Å². The van der Waals surface area contributed by atoms with Crippen LogP contribution in [0, 0.1) is 5.92 Å². The van der Waals surface area contributed by atoms with Crippen molar-refractivity contribution in [1.29, 1.82) is 0 Å². The first-order chi connectivity index (χ1) is 9.04. The van der Waals surface area contributed by atoms with E-state index in [-0.39, 0.29) is 5.92 Å². The molecule has 102 valence electrons. The molecular weight excluding hydrogens is 260 g/mol. The van der Waals surface area contributed by atoms with Crippen LogP contribution in [-0.2, 0) is 7.05 Å². The van der Waals surface area contributed by atoms with E-state index in [0.29, 0.717) is 4.99 Å². The molecule has 0 bridgehead atoms. The second-order valence-electron chi connectivity index (χ2n) is 4.54. The van der Waals surface area contributed by atoms with E-state index in [2.05, 4.69) is 26.9 Å². The molecule has 1 atom stereocenters. The molecule has 2 N–H and O–H groups in total. The molecule has 0 fully saturated rings. The van der Waals surface area contributed by atoms with Crippen molar-refractivity contribution in [2.24, 2.45) is 18.7 Å². The van der Waals surface area contributed by atoms with Gasteiger partial charge in [0.2, 0.25) is 0 Å². The van der Waals surface area contributed by atoms with Gasteiger partial charge in [0, 0.05) is 26.1 Å². The van der Waals surface area contributed by atoms with Gasteiger partial charge in [-0.15, -0.1) is 0 Å². The smallest absolute Gasteiger partial charge is 0.163 e. The number of thiocarbonyl (C=S) groups is 1. The average molecular weight is 278 g/mol. The number of anilines is 1. The van der Waals surface area contributed by atoms with Gasteiger partial charge >= 0.3 is 0 Å². The first-order valence-electron chi connectivity index (χ1n) is 6.21. The lowest BCUT2D eigenvalue weighted by atomic mass is 10.1. The molecule has 0 saturated carbocycles. The zero-order valence-electron chi connectivity index (χ0n) is 11.4. The maximum absolute atomic E-state index is 5.69. The topological polar surface area (TPSA) is 72.9 Å². The lowest BCUT2D eigenvalue weighted by Gasteiger charge is -2.25. The summed E-state index contributed by atoms with van der Waals surface area (Å²) >= 11 is 5.04. The predicted octanol–water partition coefficient (Wildman–Crippen LogP) is 1.11. The van der Waals surface area contributed by atoms with Crippen LogP contribution in [-0.4, -0.2) is 37.8 Å². The fourth-order valence-corrected chi connectivity index (χ4v) is 2.06. The molecule has 6 nitrogen and oxygen atoms in total. The molecule has 19 heavy (non-hydrogen) atoms. The summed E-state index contributed by atoms with van der Waals surface area (Å²) in [6, 6.07) is 0. The van der Waals surface area contributed by atoms with Gasteiger partial charge in [-0.05, 0) is 6.92 Å². The average Bonchev–Trinajstić information content (AvgIpc) is 2.77. The molecule has 2 heterocycles. The normalized spacial score (nSPS) is 12.6. The number of hydrogen-bond acceptors (Lipinski definition) is 5. The van der Waals surface area contributed by atoms with Gasteiger partial charge in [0.25, 0.3) is 0 Å². The molecule has 0 aliphatic carbocycles. The van der Waals surface area contributed by atoms with Gasteiger partial charge in [-0.2, -0.15) is 5.10 Å². The number of rotatable bonds is 5. The van der Waals surface area contributed by atoms with Crippen LogP contribution in [0.4, 0.5) is 5.82 Å². The van der Waals surface area contributed by atoms with Crippen LogP contribution in [0.15, 0.2) is 12.5 Å². The van der Waals surface area contributed by atoms with Crippen molar-refractivity contribution in [1.82, 2.24) is 19.7 Å². The SMILES string of the molecule is CCN(CC(C)C(N)=S)c1ncnc2c1cnn2C. The summed E-state index contributed by atoms with van der Waals surface area (Å²) in [7, 11) is 1.87. The van der Waals surface area contributed by atoms with Crippen molar-refractivity contribution in [2.75, 3.05) is 18.0 Å². The molecule has 0 saturated heterocycles. The molecule has 0 aliphatic rings. The zero-order valence-corrected chi connectivity index (χ0v) is 12.2. The van der Waals surface area contributed by atoms with Gasteiger partial charge in [-0.3, -0.25) is 4.68 Å². The zero-order chi connectivity index (χ0) is 14.0. The molecule has 0 spiro atoms. The third-order valence-electron chi connectivity index (χ3n) is 3.17. The summed E-state index contributed by atoms with van der Waals surface area (Å²) in [6.07, 6.45) is 3.35. The van der Waals surface area contributed by atoms with Crippen LogP contribution in [0.2, 0.25) is 0 Å². The van der Waals surface area contributed by atoms with E-state index in [0.717, 1.165) is 29.9 Å². The van der Waals surface area contributed by atoms with Crippen LogP contribution in [0.1, 0.15) is 13.8 Å². The summed E-state index contributed by atoms with van der Waals surface area (Å²) in [5.41, 5.74) is 6.51. The summed E-state index contributed by atoms with van der Waals surface area (Å²) in [5.74, 6) is 1.01. The molecule has 0 aromatic carbocycles. The number of nitrogens with two attached hydrogens (primary N) is 1. The molecule has 2 rings (SSSR count). The van der Waals surface area contributed by atoms with Crippen molar-refractivity contribution >= 4 is 34.1 Å². The first kappa shape index (κ1) is 13.7. The Labute approximate surface area is 117 Å². The van der Waals surface area contributed by atoms with Gasteiger partial charge in [-0.25, -0.2) is 9.97 Å². The van der Waals surface area contributed by atoms with E-state index in [9.17, 15) is 0 Å². The number of aromatic nitrogens is 4. The first-order valence-corrected chi connectivity index (χ1v) is 6.62. The van der Waals surface area contributed by atoms with Crippen LogP contribution in [0.25, 0.3) is 11.0 Å². The van der Waals surface area contributed by atoms with Crippen molar-refractivity contribution in [3.8, 4) is 0 Å². The Bertz CT molecular complexity index is 593. The van der Waals surface area contributed by atoms with Crippen molar-refractivity contribution < 1.29 is 0 Å². The predicted molar refractivity (Wildman–Crippen MR) is 80.1 cm³/mol. The number of fused-ring (bicyclic) bond motifs is 1. The lowest BCUT2D eigenvalue weighted by Crippen LogP contribution is -2.34. The molecule has 7 heteroatoms. The largest absolute Gasteiger partial charge is 0.393 e. The van der Waals surface area contributed by atoms with Crippen LogP contribution >= 0.6 is 12.2 Å². The minimum atomic E-state index is 0.136. The molecule has 2 aromatic heterocycles. The summed E-state index contributed by atoms with van der Waals surface area (Å²) in [4.78, 5) is 11.3. The fourth-order valence-electron chi connectivity index (χ4n) is 1.99. The van der Waals surface area contributed by atoms with Gasteiger partial charge in [0.15, 0.2) is 5.65 Å². The van der Waals surface area contributed by atoms with E-state index in [4.69, 9.17) is 18.0 Å². The van der Waals surface area contributed by atoms with Crippen molar-refractivity contribution in [2.45, 2.75) is 13.8 Å².